The van der Waals surface area contributed by atoms with E-state index in [-0.39, 0.29) is 59.4 Å². The zero-order valence-corrected chi connectivity index (χ0v) is 10.9. The molecule has 0 amide bonds. The van der Waals surface area contributed by atoms with Crippen LogP contribution in [-0.2, 0) is 14.4 Å². The van der Waals surface area contributed by atoms with Gasteiger partial charge in [0.05, 0.1) is 0 Å². The van der Waals surface area contributed by atoms with E-state index in [9.17, 15) is 0 Å². The van der Waals surface area contributed by atoms with Crippen LogP contribution in [0, 0.1) is 22.7 Å². The Bertz CT molecular complexity index is 229. The van der Waals surface area contributed by atoms with E-state index in [1.807, 2.05) is 0 Å². The molecule has 2 N–H and O–H groups in total. The summed E-state index contributed by atoms with van der Waals surface area (Å²) >= 11 is 0. The third-order valence-corrected chi connectivity index (χ3v) is 0.985. The first kappa shape index (κ1) is 16.9. The number of rotatable bonds is 5. The minimum absolute atomic E-state index is 0. The first-order valence-electron chi connectivity index (χ1n) is 3.12. The zero-order valence-electron chi connectivity index (χ0n) is 8.80. The van der Waals surface area contributed by atoms with Gasteiger partial charge in [-0.25, -0.2) is 9.69 Å². The largest absolute Gasteiger partial charge is 1.00 e. The first-order chi connectivity index (χ1) is 6.10. The van der Waals surface area contributed by atoms with Gasteiger partial charge in [-0.3, -0.25) is 0 Å². The van der Waals surface area contributed by atoms with Crippen molar-refractivity contribution in [3.63, 3.8) is 0 Å². The van der Waals surface area contributed by atoms with E-state index in [1.165, 1.54) is 19.2 Å². The molecular formula is C5H8BKN2O5. The quantitative estimate of drug-likeness (QED) is 0.275. The Morgan fingerprint density at radius 2 is 1.93 bits per heavy atom. The summed E-state index contributed by atoms with van der Waals surface area (Å²) in [5.41, 5.74) is -1.99. The Hall–Kier alpha value is 0.481. The van der Waals surface area contributed by atoms with Gasteiger partial charge >= 0.3 is 58.7 Å². The maximum Gasteiger partial charge on any atom is 1.00 e. The van der Waals surface area contributed by atoms with E-state index in [2.05, 4.69) is 14.4 Å². The summed E-state index contributed by atoms with van der Waals surface area (Å²) in [6, 6.07) is 2.93. The van der Waals surface area contributed by atoms with E-state index in [4.69, 9.17) is 20.6 Å². The molecule has 0 bridgehead atoms. The van der Waals surface area contributed by atoms with E-state index in [0.29, 0.717) is 0 Å². The Labute approximate surface area is 125 Å². The summed E-state index contributed by atoms with van der Waals surface area (Å²) in [7, 11) is -0.958. The Kier molecular flexibility index (Phi) is 10.6. The fraction of sp³-hybridized carbons (Fsp3) is 0.600. The van der Waals surface area contributed by atoms with Gasteiger partial charge in [-0.05, 0) is 0 Å². The third-order valence-electron chi connectivity index (χ3n) is 0.985. The van der Waals surface area contributed by atoms with Gasteiger partial charge in [0.1, 0.15) is 18.7 Å². The topological polar surface area (TPSA) is 116 Å². The predicted molar refractivity (Wildman–Crippen MR) is 39.3 cm³/mol. The number of hydrogen-bond acceptors (Lipinski definition) is 7. The van der Waals surface area contributed by atoms with Gasteiger partial charge in [-0.15, -0.1) is 0 Å². The molecule has 14 heavy (non-hydrogen) atoms. The van der Waals surface area contributed by atoms with E-state index < -0.39 is 12.9 Å². The summed E-state index contributed by atoms with van der Waals surface area (Å²) < 4.78 is 4.51. The van der Waals surface area contributed by atoms with Crippen molar-refractivity contribution >= 4 is 7.32 Å². The van der Waals surface area contributed by atoms with Crippen molar-refractivity contribution in [2.45, 2.75) is 5.60 Å². The summed E-state index contributed by atoms with van der Waals surface area (Å²) in [5.74, 6) is 0. The van der Waals surface area contributed by atoms with Crippen LogP contribution in [-0.4, -0.2) is 36.7 Å². The van der Waals surface area contributed by atoms with Gasteiger partial charge < -0.3 is 16.2 Å². The molecule has 0 saturated carbocycles. The second-order valence-electron chi connectivity index (χ2n) is 1.99. The third kappa shape index (κ3) is 6.06. The maximum absolute atomic E-state index is 8.50. The number of ether oxygens (including phenoxy) is 1. The van der Waals surface area contributed by atoms with Gasteiger partial charge in [-0.1, -0.05) is 0 Å². The second-order valence-corrected chi connectivity index (χ2v) is 1.99. The molecule has 0 aliphatic carbocycles. The molecule has 0 radical (unpaired) electrons. The van der Waals surface area contributed by atoms with Crippen molar-refractivity contribution in [3.8, 4) is 12.1 Å². The van der Waals surface area contributed by atoms with Crippen LogP contribution in [0.1, 0.15) is 1.43 Å². The van der Waals surface area contributed by atoms with Crippen LogP contribution in [0.3, 0.4) is 0 Å². The van der Waals surface area contributed by atoms with Crippen molar-refractivity contribution in [1.29, 1.82) is 10.5 Å². The second kappa shape index (κ2) is 8.76. The van der Waals surface area contributed by atoms with Crippen LogP contribution in [0.5, 0.6) is 0 Å². The monoisotopic (exact) mass is 226 g/mol. The van der Waals surface area contributed by atoms with Crippen molar-refractivity contribution in [2.24, 2.45) is 0 Å². The summed E-state index contributed by atoms with van der Waals surface area (Å²) in [6.07, 6.45) is 0. The molecule has 0 aromatic rings. The van der Waals surface area contributed by atoms with E-state index in [0.717, 1.165) is 0 Å². The number of methoxy groups -OCH3 is 1. The maximum atomic E-state index is 8.50. The van der Waals surface area contributed by atoms with Gasteiger partial charge in [0.15, 0.2) is 0 Å². The minimum Gasteiger partial charge on any atom is -1.00 e. The SMILES string of the molecule is COCC(C#N)(C#N)OOB(O)O.[H-].[K+]. The number of nitriles is 2. The molecule has 72 valence electrons. The van der Waals surface area contributed by atoms with Crippen molar-refractivity contribution in [3.05, 3.63) is 0 Å². The van der Waals surface area contributed by atoms with Crippen LogP contribution in [0.2, 0.25) is 0 Å². The standard InChI is InChI=1S/C5H7BN2O5.K.H/c1-11-4-5(2-7,3-8)12-13-6(9)10;;/h9-10H,4H2,1H3;;/q;+1;-1. The fourth-order valence-electron chi connectivity index (χ4n) is 0.479. The Morgan fingerprint density at radius 3 is 2.21 bits per heavy atom. The van der Waals surface area contributed by atoms with Crippen LogP contribution in [0.15, 0.2) is 0 Å². The Balaban J connectivity index is -0.000000720. The van der Waals surface area contributed by atoms with E-state index in [1.54, 1.807) is 0 Å². The molecule has 0 heterocycles. The molecule has 0 fully saturated rings. The normalized spacial score (nSPS) is 9.50. The Morgan fingerprint density at radius 1 is 1.43 bits per heavy atom. The van der Waals surface area contributed by atoms with Gasteiger partial charge in [0, 0.05) is 7.11 Å². The van der Waals surface area contributed by atoms with Crippen molar-refractivity contribution in [2.75, 3.05) is 13.7 Å². The van der Waals surface area contributed by atoms with Gasteiger partial charge in [-0.2, -0.15) is 10.5 Å². The average Bonchev–Trinajstić information content (AvgIpc) is 2.12. The predicted octanol–water partition coefficient (Wildman–Crippen LogP) is -4.55. The van der Waals surface area contributed by atoms with Crippen molar-refractivity contribution in [1.82, 2.24) is 0 Å². The van der Waals surface area contributed by atoms with Gasteiger partial charge in [0.2, 0.25) is 0 Å². The van der Waals surface area contributed by atoms with Crippen LogP contribution in [0.4, 0.5) is 0 Å². The van der Waals surface area contributed by atoms with Crippen LogP contribution >= 0.6 is 0 Å². The van der Waals surface area contributed by atoms with Crippen LogP contribution < -0.4 is 51.4 Å². The molecule has 0 aliphatic heterocycles. The fourth-order valence-corrected chi connectivity index (χ4v) is 0.479. The zero-order chi connectivity index (χ0) is 10.3. The number of hydrogen-bond donors (Lipinski definition) is 2. The van der Waals surface area contributed by atoms with Crippen molar-refractivity contribution < 1.29 is 77.3 Å². The molecule has 9 heteroatoms. The molecule has 0 aromatic heterocycles. The molecule has 0 rings (SSSR count). The molecule has 7 nitrogen and oxygen atoms in total. The molecule has 0 aliphatic rings. The smallest absolute Gasteiger partial charge is 1.00 e. The molecule has 0 saturated heterocycles. The molecule has 0 spiro atoms. The van der Waals surface area contributed by atoms with Crippen LogP contribution in [0.25, 0.3) is 0 Å². The molecule has 0 unspecified atom stereocenters. The van der Waals surface area contributed by atoms with E-state index >= 15 is 0 Å². The first-order valence-corrected chi connectivity index (χ1v) is 3.12. The average molecular weight is 226 g/mol. The number of nitrogens with zero attached hydrogens (tertiary/aromatic N) is 2. The molecule has 0 atom stereocenters. The molecule has 0 aromatic carbocycles. The summed E-state index contributed by atoms with van der Waals surface area (Å²) in [6.45, 7) is -0.368. The minimum atomic E-state index is -2.21. The van der Waals surface area contributed by atoms with Gasteiger partial charge in [0.25, 0.3) is 5.60 Å². The summed E-state index contributed by atoms with van der Waals surface area (Å²) in [5, 5.41) is 33.4. The summed E-state index contributed by atoms with van der Waals surface area (Å²) in [4.78, 5) is 8.01. The molecular weight excluding hydrogens is 218 g/mol.